The molecular weight excluding hydrogens is 369 g/mol. The van der Waals surface area contributed by atoms with Gasteiger partial charge in [0.2, 0.25) is 0 Å². The number of carbonyl (C=O) groups is 1. The molecule has 0 spiro atoms. The number of benzene rings is 2. The first kappa shape index (κ1) is 17.2. The van der Waals surface area contributed by atoms with E-state index in [2.05, 4.69) is 20.0 Å². The zero-order valence-electron chi connectivity index (χ0n) is 12.6. The predicted octanol–water partition coefficient (Wildman–Crippen LogP) is 3.24. The van der Waals surface area contributed by atoms with Gasteiger partial charge in [0.15, 0.2) is 5.82 Å². The second-order valence-corrected chi connectivity index (χ2v) is 6.45. The standard InChI is InChI=1S/C16H11ClFN3O3S/c17-9-4-6-10(7-5-9)25-12-3-1-2-11(18)14(12)15(22)19-8-13-20-16(23)24-21-13/h1-7H,8H2,(H,19,22)(H,20,21,23). The minimum Gasteiger partial charge on any atom is -0.345 e. The van der Waals surface area contributed by atoms with Gasteiger partial charge in [-0.2, -0.15) is 0 Å². The van der Waals surface area contributed by atoms with Crippen molar-refractivity contribution >= 4 is 29.3 Å². The van der Waals surface area contributed by atoms with Gasteiger partial charge >= 0.3 is 5.76 Å². The van der Waals surface area contributed by atoms with Crippen molar-refractivity contribution in [2.24, 2.45) is 0 Å². The lowest BCUT2D eigenvalue weighted by atomic mass is 10.2. The summed E-state index contributed by atoms with van der Waals surface area (Å²) >= 11 is 7.09. The molecule has 2 aromatic carbocycles. The first-order chi connectivity index (χ1) is 12.0. The van der Waals surface area contributed by atoms with Crippen LogP contribution in [0, 0.1) is 5.82 Å². The SMILES string of the molecule is O=C(NCc1noc(=O)[nH]1)c1c(F)cccc1Sc1ccc(Cl)cc1. The highest BCUT2D eigenvalue weighted by Gasteiger charge is 2.18. The molecule has 0 aliphatic heterocycles. The number of carbonyl (C=O) groups excluding carboxylic acids is 1. The molecule has 0 aliphatic carbocycles. The number of rotatable bonds is 5. The summed E-state index contributed by atoms with van der Waals surface area (Å²) in [5.41, 5.74) is -0.0895. The van der Waals surface area contributed by atoms with Gasteiger partial charge in [0.05, 0.1) is 12.1 Å². The number of nitrogens with zero attached hydrogens (tertiary/aromatic N) is 1. The summed E-state index contributed by atoms with van der Waals surface area (Å²) in [7, 11) is 0. The fourth-order valence-corrected chi connectivity index (χ4v) is 3.12. The molecule has 6 nitrogen and oxygen atoms in total. The fourth-order valence-electron chi connectivity index (χ4n) is 2.03. The van der Waals surface area contributed by atoms with Crippen LogP contribution in [0.1, 0.15) is 16.2 Å². The van der Waals surface area contributed by atoms with Gasteiger partial charge in [0.1, 0.15) is 5.82 Å². The Morgan fingerprint density at radius 1 is 1.28 bits per heavy atom. The summed E-state index contributed by atoms with van der Waals surface area (Å²) < 4.78 is 18.5. The molecular formula is C16H11ClFN3O3S. The molecule has 2 N–H and O–H groups in total. The first-order valence-electron chi connectivity index (χ1n) is 7.08. The molecule has 9 heteroatoms. The first-order valence-corrected chi connectivity index (χ1v) is 8.27. The van der Waals surface area contributed by atoms with Gasteiger partial charge in [-0.25, -0.2) is 9.18 Å². The molecule has 128 valence electrons. The van der Waals surface area contributed by atoms with Crippen molar-refractivity contribution in [1.29, 1.82) is 0 Å². The minimum atomic E-state index is -0.728. The second kappa shape index (κ2) is 7.54. The summed E-state index contributed by atoms with van der Waals surface area (Å²) in [5.74, 6) is -1.86. The van der Waals surface area contributed by atoms with Crippen LogP contribution in [0.3, 0.4) is 0 Å². The molecule has 0 fully saturated rings. The van der Waals surface area contributed by atoms with E-state index in [-0.39, 0.29) is 17.9 Å². The Bertz CT molecular complexity index is 956. The molecule has 3 aromatic rings. The highest BCUT2D eigenvalue weighted by molar-refractivity contribution is 7.99. The van der Waals surface area contributed by atoms with Crippen LogP contribution < -0.4 is 11.1 Å². The van der Waals surface area contributed by atoms with Crippen LogP contribution in [0.25, 0.3) is 0 Å². The van der Waals surface area contributed by atoms with Gasteiger partial charge in [0.25, 0.3) is 5.91 Å². The van der Waals surface area contributed by atoms with Crippen LogP contribution in [0.15, 0.2) is 61.6 Å². The molecule has 0 aliphatic rings. The van der Waals surface area contributed by atoms with E-state index in [0.717, 1.165) is 4.90 Å². The Morgan fingerprint density at radius 2 is 2.04 bits per heavy atom. The molecule has 0 saturated heterocycles. The lowest BCUT2D eigenvalue weighted by Gasteiger charge is -2.10. The van der Waals surface area contributed by atoms with Crippen LogP contribution in [0.2, 0.25) is 5.02 Å². The molecule has 1 aromatic heterocycles. The van der Waals surface area contributed by atoms with Crippen molar-refractivity contribution in [3.63, 3.8) is 0 Å². The van der Waals surface area contributed by atoms with E-state index in [0.29, 0.717) is 9.92 Å². The summed E-state index contributed by atoms with van der Waals surface area (Å²) in [6, 6.07) is 11.4. The number of halogens is 2. The number of aromatic nitrogens is 2. The van der Waals surface area contributed by atoms with E-state index in [4.69, 9.17) is 11.6 Å². The highest BCUT2D eigenvalue weighted by atomic mass is 35.5. The fraction of sp³-hybridized carbons (Fsp3) is 0.0625. The number of aromatic amines is 1. The van der Waals surface area contributed by atoms with Gasteiger partial charge in [-0.3, -0.25) is 14.3 Å². The molecule has 0 radical (unpaired) electrons. The minimum absolute atomic E-state index is 0.0895. The molecule has 25 heavy (non-hydrogen) atoms. The Hall–Kier alpha value is -2.58. The van der Waals surface area contributed by atoms with Gasteiger partial charge in [0, 0.05) is 14.8 Å². The molecule has 1 amide bonds. The van der Waals surface area contributed by atoms with Crippen LogP contribution in [-0.2, 0) is 6.54 Å². The lowest BCUT2D eigenvalue weighted by molar-refractivity contribution is 0.0942. The van der Waals surface area contributed by atoms with Crippen LogP contribution in [0.4, 0.5) is 4.39 Å². The smallest absolute Gasteiger partial charge is 0.345 e. The zero-order chi connectivity index (χ0) is 17.8. The van der Waals surface area contributed by atoms with Crippen molar-refractivity contribution < 1.29 is 13.7 Å². The molecule has 0 atom stereocenters. The Morgan fingerprint density at radius 3 is 2.72 bits per heavy atom. The van der Waals surface area contributed by atoms with Gasteiger partial charge in [-0.1, -0.05) is 34.6 Å². The number of hydrogen-bond acceptors (Lipinski definition) is 5. The van der Waals surface area contributed by atoms with E-state index >= 15 is 0 Å². The normalized spacial score (nSPS) is 10.6. The average Bonchev–Trinajstić information content (AvgIpc) is 3.00. The molecule has 0 bridgehead atoms. The molecule has 1 heterocycles. The van der Waals surface area contributed by atoms with E-state index in [1.807, 2.05) is 0 Å². The summed E-state index contributed by atoms with van der Waals surface area (Å²) in [6.45, 7) is -0.0933. The van der Waals surface area contributed by atoms with Crippen molar-refractivity contribution in [3.8, 4) is 0 Å². The Balaban J connectivity index is 1.80. The Labute approximate surface area is 150 Å². The van der Waals surface area contributed by atoms with Gasteiger partial charge < -0.3 is 5.32 Å². The summed E-state index contributed by atoms with van der Waals surface area (Å²) in [5, 5.41) is 6.52. The van der Waals surface area contributed by atoms with Crippen LogP contribution >= 0.6 is 23.4 Å². The van der Waals surface area contributed by atoms with Crippen molar-refractivity contribution in [2.45, 2.75) is 16.3 Å². The predicted molar refractivity (Wildman–Crippen MR) is 90.3 cm³/mol. The van der Waals surface area contributed by atoms with E-state index in [9.17, 15) is 14.0 Å². The third-order valence-electron chi connectivity index (χ3n) is 3.15. The van der Waals surface area contributed by atoms with Crippen LogP contribution in [-0.4, -0.2) is 16.0 Å². The summed E-state index contributed by atoms with van der Waals surface area (Å²) in [4.78, 5) is 26.8. The van der Waals surface area contributed by atoms with E-state index < -0.39 is 17.5 Å². The second-order valence-electron chi connectivity index (χ2n) is 4.89. The summed E-state index contributed by atoms with van der Waals surface area (Å²) in [6.07, 6.45) is 0. The van der Waals surface area contributed by atoms with E-state index in [1.165, 1.54) is 23.9 Å². The van der Waals surface area contributed by atoms with Crippen molar-refractivity contribution in [3.05, 3.63) is 75.2 Å². The molecule has 0 saturated carbocycles. The maximum Gasteiger partial charge on any atom is 0.438 e. The number of H-pyrrole nitrogens is 1. The zero-order valence-corrected chi connectivity index (χ0v) is 14.2. The number of hydrogen-bond donors (Lipinski definition) is 2. The average molecular weight is 380 g/mol. The third-order valence-corrected chi connectivity index (χ3v) is 4.47. The Kier molecular flexibility index (Phi) is 5.20. The maximum absolute atomic E-state index is 14.2. The van der Waals surface area contributed by atoms with Crippen molar-refractivity contribution in [1.82, 2.24) is 15.5 Å². The van der Waals surface area contributed by atoms with Crippen LogP contribution in [0.5, 0.6) is 0 Å². The number of amides is 1. The molecule has 0 unspecified atom stereocenters. The maximum atomic E-state index is 14.2. The lowest BCUT2D eigenvalue weighted by Crippen LogP contribution is -2.25. The monoisotopic (exact) mass is 379 g/mol. The highest BCUT2D eigenvalue weighted by Crippen LogP contribution is 2.32. The largest absolute Gasteiger partial charge is 0.438 e. The third kappa shape index (κ3) is 4.28. The quantitative estimate of drug-likeness (QED) is 0.710. The molecule has 3 rings (SSSR count). The number of nitrogens with one attached hydrogen (secondary N) is 2. The van der Waals surface area contributed by atoms with Crippen molar-refractivity contribution in [2.75, 3.05) is 0 Å². The van der Waals surface area contributed by atoms with Gasteiger partial charge in [-0.15, -0.1) is 0 Å². The van der Waals surface area contributed by atoms with Gasteiger partial charge in [-0.05, 0) is 36.4 Å². The topological polar surface area (TPSA) is 88.0 Å². The van der Waals surface area contributed by atoms with E-state index in [1.54, 1.807) is 30.3 Å².